The number of hydrogen-bond donors (Lipinski definition) is 0. The first-order valence-electron chi connectivity index (χ1n) is 5.78. The number of alkyl halides is 1. The standard InChI is InChI=1S/C14H20FO/c1-4-5-6-12-7-13(11(2)10-15)9-14(8-12)16-3/h7-9H,4-6,10H2,1-3H3. The number of rotatable bonds is 6. The monoisotopic (exact) mass is 223 g/mol. The maximum absolute atomic E-state index is 12.6. The van der Waals surface area contributed by atoms with Gasteiger partial charge in [-0.2, -0.15) is 0 Å². The summed E-state index contributed by atoms with van der Waals surface area (Å²) >= 11 is 0. The van der Waals surface area contributed by atoms with Gasteiger partial charge in [0, 0.05) is 5.92 Å². The SMILES string of the molecule is CCCCc1cc(OC)cc([C](C)CF)c1. The molecule has 89 valence electrons. The maximum Gasteiger partial charge on any atom is 0.119 e. The molecule has 0 aliphatic heterocycles. The molecule has 0 bridgehead atoms. The molecule has 0 aliphatic carbocycles. The van der Waals surface area contributed by atoms with Crippen LogP contribution in [-0.4, -0.2) is 13.8 Å². The fourth-order valence-electron chi connectivity index (χ4n) is 1.63. The van der Waals surface area contributed by atoms with Gasteiger partial charge in [0.25, 0.3) is 0 Å². The van der Waals surface area contributed by atoms with Crippen molar-refractivity contribution in [1.29, 1.82) is 0 Å². The Kier molecular flexibility index (Phi) is 5.30. The lowest BCUT2D eigenvalue weighted by Gasteiger charge is -2.11. The van der Waals surface area contributed by atoms with Crippen molar-refractivity contribution >= 4 is 0 Å². The van der Waals surface area contributed by atoms with Crippen LogP contribution in [0.15, 0.2) is 18.2 Å². The van der Waals surface area contributed by atoms with E-state index in [-0.39, 0.29) is 0 Å². The molecule has 0 amide bonds. The number of benzene rings is 1. The molecule has 1 aromatic carbocycles. The second-order valence-electron chi connectivity index (χ2n) is 4.09. The van der Waals surface area contributed by atoms with E-state index in [4.69, 9.17) is 4.74 Å². The first-order chi connectivity index (χ1) is 7.71. The minimum absolute atomic E-state index is 0.402. The largest absolute Gasteiger partial charge is 0.497 e. The maximum atomic E-state index is 12.6. The molecule has 0 fully saturated rings. The predicted molar refractivity (Wildman–Crippen MR) is 65.6 cm³/mol. The van der Waals surface area contributed by atoms with Crippen molar-refractivity contribution in [3.8, 4) is 5.75 Å². The molecule has 0 heterocycles. The van der Waals surface area contributed by atoms with Gasteiger partial charge in [-0.05, 0) is 36.1 Å². The van der Waals surface area contributed by atoms with Gasteiger partial charge in [-0.15, -0.1) is 0 Å². The summed E-state index contributed by atoms with van der Waals surface area (Å²) in [6.07, 6.45) is 3.35. The Hall–Kier alpha value is -1.05. The van der Waals surface area contributed by atoms with Crippen LogP contribution in [0.5, 0.6) is 5.75 Å². The van der Waals surface area contributed by atoms with E-state index in [2.05, 4.69) is 13.0 Å². The minimum atomic E-state index is -0.402. The lowest BCUT2D eigenvalue weighted by Crippen LogP contribution is -1.99. The number of methoxy groups -OCH3 is 1. The van der Waals surface area contributed by atoms with Crippen LogP contribution in [0, 0.1) is 5.92 Å². The van der Waals surface area contributed by atoms with Crippen LogP contribution >= 0.6 is 0 Å². The van der Waals surface area contributed by atoms with Gasteiger partial charge in [-0.3, -0.25) is 4.39 Å². The van der Waals surface area contributed by atoms with Crippen LogP contribution < -0.4 is 4.74 Å². The highest BCUT2D eigenvalue weighted by Crippen LogP contribution is 2.24. The van der Waals surface area contributed by atoms with Crippen LogP contribution in [0.3, 0.4) is 0 Å². The molecule has 1 rings (SSSR count). The lowest BCUT2D eigenvalue weighted by molar-refractivity contribution is 0.413. The lowest BCUT2D eigenvalue weighted by atomic mass is 9.97. The first-order valence-corrected chi connectivity index (χ1v) is 5.78. The first kappa shape index (κ1) is 13.0. The minimum Gasteiger partial charge on any atom is -0.497 e. The fraction of sp³-hybridized carbons (Fsp3) is 0.500. The molecule has 0 saturated carbocycles. The van der Waals surface area contributed by atoms with E-state index in [9.17, 15) is 4.39 Å². The van der Waals surface area contributed by atoms with Gasteiger partial charge in [-0.25, -0.2) is 0 Å². The zero-order valence-electron chi connectivity index (χ0n) is 10.3. The molecule has 1 aromatic rings. The van der Waals surface area contributed by atoms with Crippen LogP contribution in [0.1, 0.15) is 37.8 Å². The third kappa shape index (κ3) is 3.51. The average molecular weight is 223 g/mol. The summed E-state index contributed by atoms with van der Waals surface area (Å²) in [6, 6.07) is 5.99. The van der Waals surface area contributed by atoms with Crippen molar-refractivity contribution < 1.29 is 9.13 Å². The van der Waals surface area contributed by atoms with Crippen molar-refractivity contribution in [1.82, 2.24) is 0 Å². The summed E-state index contributed by atoms with van der Waals surface area (Å²) in [7, 11) is 1.65. The second kappa shape index (κ2) is 6.51. The van der Waals surface area contributed by atoms with E-state index < -0.39 is 6.67 Å². The van der Waals surface area contributed by atoms with E-state index in [1.165, 1.54) is 12.0 Å². The molecule has 0 unspecified atom stereocenters. The van der Waals surface area contributed by atoms with E-state index >= 15 is 0 Å². The van der Waals surface area contributed by atoms with Crippen molar-refractivity contribution in [2.24, 2.45) is 0 Å². The van der Waals surface area contributed by atoms with E-state index in [0.29, 0.717) is 0 Å². The van der Waals surface area contributed by atoms with Gasteiger partial charge in [0.1, 0.15) is 5.75 Å². The molecule has 1 nitrogen and oxygen atoms in total. The summed E-state index contributed by atoms with van der Waals surface area (Å²) in [5.41, 5.74) is 2.18. The van der Waals surface area contributed by atoms with Gasteiger partial charge in [-0.1, -0.05) is 26.3 Å². The number of unbranched alkanes of at least 4 members (excludes halogenated alkanes) is 1. The second-order valence-corrected chi connectivity index (χ2v) is 4.09. The zero-order chi connectivity index (χ0) is 12.0. The smallest absolute Gasteiger partial charge is 0.119 e. The normalized spacial score (nSPS) is 10.8. The van der Waals surface area contributed by atoms with E-state index in [0.717, 1.165) is 30.1 Å². The van der Waals surface area contributed by atoms with Gasteiger partial charge < -0.3 is 4.74 Å². The van der Waals surface area contributed by atoms with Crippen molar-refractivity contribution in [2.75, 3.05) is 13.8 Å². The van der Waals surface area contributed by atoms with Gasteiger partial charge in [0.2, 0.25) is 0 Å². The van der Waals surface area contributed by atoms with E-state index in [1.54, 1.807) is 7.11 Å². The predicted octanol–water partition coefficient (Wildman–Crippen LogP) is 3.95. The third-order valence-electron chi connectivity index (χ3n) is 2.71. The Bertz CT molecular complexity index is 323. The zero-order valence-corrected chi connectivity index (χ0v) is 10.3. The molecule has 0 aliphatic rings. The molecule has 0 spiro atoms. The fourth-order valence-corrected chi connectivity index (χ4v) is 1.63. The molecule has 0 N–H and O–H groups in total. The third-order valence-corrected chi connectivity index (χ3v) is 2.71. The number of aryl methyl sites for hydroxylation is 1. The molecule has 0 atom stereocenters. The molecule has 2 heteroatoms. The van der Waals surface area contributed by atoms with Crippen LogP contribution in [0.25, 0.3) is 0 Å². The quantitative estimate of drug-likeness (QED) is 0.709. The Morgan fingerprint density at radius 3 is 2.62 bits per heavy atom. The molecule has 0 aromatic heterocycles. The molecule has 16 heavy (non-hydrogen) atoms. The Morgan fingerprint density at radius 2 is 2.06 bits per heavy atom. The van der Waals surface area contributed by atoms with Gasteiger partial charge in [0.15, 0.2) is 0 Å². The molecular formula is C14H20FO. The highest BCUT2D eigenvalue weighted by Gasteiger charge is 2.09. The molecule has 1 radical (unpaired) electrons. The highest BCUT2D eigenvalue weighted by atomic mass is 19.1. The van der Waals surface area contributed by atoms with Gasteiger partial charge >= 0.3 is 0 Å². The van der Waals surface area contributed by atoms with Gasteiger partial charge in [0.05, 0.1) is 13.8 Å². The number of hydrogen-bond acceptors (Lipinski definition) is 1. The van der Waals surface area contributed by atoms with Crippen LogP contribution in [0.2, 0.25) is 0 Å². The Balaban J connectivity index is 2.91. The number of ether oxygens (including phenoxy) is 1. The summed E-state index contributed by atoms with van der Waals surface area (Å²) in [6.45, 7) is 3.58. The van der Waals surface area contributed by atoms with Crippen LogP contribution in [0.4, 0.5) is 4.39 Å². The average Bonchev–Trinajstić information content (AvgIpc) is 2.34. The topological polar surface area (TPSA) is 9.23 Å². The van der Waals surface area contributed by atoms with Crippen LogP contribution in [-0.2, 0) is 6.42 Å². The van der Waals surface area contributed by atoms with Crippen molar-refractivity contribution in [3.05, 3.63) is 35.2 Å². The van der Waals surface area contributed by atoms with Crippen molar-refractivity contribution in [3.63, 3.8) is 0 Å². The summed E-state index contributed by atoms with van der Waals surface area (Å²) in [5.74, 6) is 1.58. The molecular weight excluding hydrogens is 203 g/mol. The summed E-state index contributed by atoms with van der Waals surface area (Å²) in [4.78, 5) is 0. The Morgan fingerprint density at radius 1 is 1.31 bits per heavy atom. The number of halogens is 1. The van der Waals surface area contributed by atoms with Crippen molar-refractivity contribution in [2.45, 2.75) is 33.1 Å². The highest BCUT2D eigenvalue weighted by molar-refractivity contribution is 5.41. The summed E-state index contributed by atoms with van der Waals surface area (Å²) in [5, 5.41) is 0. The summed E-state index contributed by atoms with van der Waals surface area (Å²) < 4.78 is 17.8. The Labute approximate surface area is 97.6 Å². The molecule has 0 saturated heterocycles. The van der Waals surface area contributed by atoms with E-state index in [1.807, 2.05) is 19.1 Å².